The highest BCUT2D eigenvalue weighted by Gasteiger charge is 2.41. The summed E-state index contributed by atoms with van der Waals surface area (Å²) in [6, 6.07) is 0. The lowest BCUT2D eigenvalue weighted by Crippen LogP contribution is -2.55. The summed E-state index contributed by atoms with van der Waals surface area (Å²) in [5.41, 5.74) is 5.16. The van der Waals surface area contributed by atoms with Crippen LogP contribution in [-0.2, 0) is 4.79 Å². The first-order valence-corrected chi connectivity index (χ1v) is 4.05. The Morgan fingerprint density at radius 3 is 2.55 bits per heavy atom. The minimum Gasteiger partial charge on any atom is -0.370 e. The quantitative estimate of drug-likeness (QED) is 0.615. The molecule has 3 N–H and O–H groups in total. The zero-order chi connectivity index (χ0) is 8.48. The fourth-order valence-corrected chi connectivity index (χ4v) is 2.04. The molecule has 64 valence electrons. The van der Waals surface area contributed by atoms with Gasteiger partial charge in [-0.2, -0.15) is 0 Å². The molecule has 0 aromatic rings. The average molecular weight is 156 g/mol. The van der Waals surface area contributed by atoms with Gasteiger partial charge in [-0.25, -0.2) is 0 Å². The molecule has 0 aromatic carbocycles. The van der Waals surface area contributed by atoms with E-state index in [1.165, 1.54) is 0 Å². The molecule has 0 aromatic heterocycles. The Morgan fingerprint density at radius 2 is 2.27 bits per heavy atom. The highest BCUT2D eigenvalue weighted by Crippen LogP contribution is 2.39. The van der Waals surface area contributed by atoms with Gasteiger partial charge in [0, 0.05) is 12.0 Å². The first-order valence-electron chi connectivity index (χ1n) is 4.05. The molecule has 1 rings (SSSR count). The fraction of sp³-hybridized carbons (Fsp3) is 0.875. The molecular weight excluding hydrogens is 140 g/mol. The van der Waals surface area contributed by atoms with Crippen molar-refractivity contribution in [1.82, 2.24) is 5.32 Å². The minimum absolute atomic E-state index is 0.0330. The lowest BCUT2D eigenvalue weighted by Gasteiger charge is -2.45. The molecule has 0 atom stereocenters. The van der Waals surface area contributed by atoms with E-state index in [2.05, 4.69) is 12.2 Å². The predicted molar refractivity (Wildman–Crippen MR) is 44.0 cm³/mol. The number of hydrogen-bond donors (Lipinski definition) is 2. The zero-order valence-electron chi connectivity index (χ0n) is 7.18. The van der Waals surface area contributed by atoms with Crippen LogP contribution in [0.1, 0.15) is 26.2 Å². The van der Waals surface area contributed by atoms with Gasteiger partial charge in [0.2, 0.25) is 5.91 Å². The molecule has 0 aliphatic heterocycles. The summed E-state index contributed by atoms with van der Waals surface area (Å²) in [5.74, 6) is 0.535. The van der Waals surface area contributed by atoms with Crippen molar-refractivity contribution in [1.29, 1.82) is 0 Å². The van der Waals surface area contributed by atoms with Crippen LogP contribution < -0.4 is 11.1 Å². The molecule has 0 spiro atoms. The molecule has 0 unspecified atom stereocenters. The van der Waals surface area contributed by atoms with Gasteiger partial charge in [0.25, 0.3) is 0 Å². The topological polar surface area (TPSA) is 55.1 Å². The summed E-state index contributed by atoms with van der Waals surface area (Å²) < 4.78 is 0. The number of carbonyl (C=O) groups is 1. The maximum absolute atomic E-state index is 10.7. The molecule has 11 heavy (non-hydrogen) atoms. The van der Waals surface area contributed by atoms with E-state index in [4.69, 9.17) is 5.73 Å². The van der Waals surface area contributed by atoms with Crippen LogP contribution in [0.3, 0.4) is 0 Å². The number of nitrogens with two attached hydrogens (primary N) is 1. The first kappa shape index (κ1) is 8.53. The van der Waals surface area contributed by atoms with Crippen LogP contribution in [0, 0.1) is 5.92 Å². The maximum Gasteiger partial charge on any atom is 0.219 e. The van der Waals surface area contributed by atoms with E-state index in [-0.39, 0.29) is 11.4 Å². The summed E-state index contributed by atoms with van der Waals surface area (Å²) in [6.07, 6.45) is 2.63. The van der Waals surface area contributed by atoms with Crippen LogP contribution >= 0.6 is 0 Å². The van der Waals surface area contributed by atoms with E-state index >= 15 is 0 Å². The molecule has 0 radical (unpaired) electrons. The summed E-state index contributed by atoms with van der Waals surface area (Å²) in [5, 5.41) is 3.18. The van der Waals surface area contributed by atoms with Gasteiger partial charge in [-0.1, -0.05) is 6.92 Å². The lowest BCUT2D eigenvalue weighted by atomic mass is 9.67. The standard InChI is InChI=1S/C8H16N2O/c1-6-3-8(4-6,10-2)5-7(9)11/h6,10H,3-5H2,1-2H3,(H2,9,11). The van der Waals surface area contributed by atoms with Gasteiger partial charge in [-0.3, -0.25) is 4.79 Å². The number of amides is 1. The van der Waals surface area contributed by atoms with E-state index in [0.717, 1.165) is 18.8 Å². The van der Waals surface area contributed by atoms with Crippen LogP contribution in [0.25, 0.3) is 0 Å². The Morgan fingerprint density at radius 1 is 1.73 bits per heavy atom. The second-order valence-corrected chi connectivity index (χ2v) is 3.69. The second kappa shape index (κ2) is 2.81. The zero-order valence-corrected chi connectivity index (χ0v) is 7.18. The monoisotopic (exact) mass is 156 g/mol. The van der Waals surface area contributed by atoms with Crippen LogP contribution in [0.5, 0.6) is 0 Å². The van der Waals surface area contributed by atoms with Gasteiger partial charge in [0.15, 0.2) is 0 Å². The SMILES string of the molecule is CNC1(CC(N)=O)CC(C)C1. The molecule has 1 aliphatic rings. The van der Waals surface area contributed by atoms with Crippen LogP contribution in [0.2, 0.25) is 0 Å². The third kappa shape index (κ3) is 1.71. The molecule has 3 nitrogen and oxygen atoms in total. The van der Waals surface area contributed by atoms with Gasteiger partial charge in [0.05, 0.1) is 0 Å². The van der Waals surface area contributed by atoms with Gasteiger partial charge in [-0.15, -0.1) is 0 Å². The van der Waals surface area contributed by atoms with Crippen molar-refractivity contribution in [3.8, 4) is 0 Å². The average Bonchev–Trinajstić information content (AvgIpc) is 1.82. The number of carbonyl (C=O) groups excluding carboxylic acids is 1. The number of rotatable bonds is 3. The number of hydrogen-bond acceptors (Lipinski definition) is 2. The highest BCUT2D eigenvalue weighted by molar-refractivity contribution is 5.75. The molecule has 3 heteroatoms. The summed E-state index contributed by atoms with van der Waals surface area (Å²) in [7, 11) is 1.90. The predicted octanol–water partition coefficient (Wildman–Crippen LogP) is 0.250. The van der Waals surface area contributed by atoms with E-state index in [1.807, 2.05) is 7.05 Å². The molecule has 1 fully saturated rings. The molecule has 1 saturated carbocycles. The van der Waals surface area contributed by atoms with E-state index < -0.39 is 0 Å². The van der Waals surface area contributed by atoms with Gasteiger partial charge in [0.1, 0.15) is 0 Å². The maximum atomic E-state index is 10.7. The normalized spacial score (nSPS) is 36.4. The second-order valence-electron chi connectivity index (χ2n) is 3.69. The summed E-state index contributed by atoms with van der Waals surface area (Å²) in [4.78, 5) is 10.7. The molecule has 1 amide bonds. The molecule has 0 bridgehead atoms. The molecular formula is C8H16N2O. The van der Waals surface area contributed by atoms with Crippen molar-refractivity contribution in [2.75, 3.05) is 7.05 Å². The number of nitrogens with one attached hydrogen (secondary N) is 1. The summed E-state index contributed by atoms with van der Waals surface area (Å²) in [6.45, 7) is 2.19. The third-order valence-corrected chi connectivity index (χ3v) is 2.52. The lowest BCUT2D eigenvalue weighted by molar-refractivity contribution is -0.120. The van der Waals surface area contributed by atoms with Crippen molar-refractivity contribution in [2.45, 2.75) is 31.7 Å². The van der Waals surface area contributed by atoms with E-state index in [1.54, 1.807) is 0 Å². The minimum atomic E-state index is -0.203. The Labute approximate surface area is 67.3 Å². The Hall–Kier alpha value is -0.570. The van der Waals surface area contributed by atoms with Crippen LogP contribution in [0.4, 0.5) is 0 Å². The Kier molecular flexibility index (Phi) is 2.18. The molecule has 0 heterocycles. The first-order chi connectivity index (χ1) is 5.08. The number of primary amides is 1. The van der Waals surface area contributed by atoms with E-state index in [0.29, 0.717) is 6.42 Å². The summed E-state index contributed by atoms with van der Waals surface area (Å²) >= 11 is 0. The smallest absolute Gasteiger partial charge is 0.219 e. The Bertz CT molecular complexity index is 161. The van der Waals surface area contributed by atoms with E-state index in [9.17, 15) is 4.79 Å². The highest BCUT2D eigenvalue weighted by atomic mass is 16.1. The Balaban J connectivity index is 2.44. The van der Waals surface area contributed by atoms with Crippen LogP contribution in [0.15, 0.2) is 0 Å². The van der Waals surface area contributed by atoms with Crippen molar-refractivity contribution < 1.29 is 4.79 Å². The van der Waals surface area contributed by atoms with Crippen molar-refractivity contribution in [3.63, 3.8) is 0 Å². The molecule has 1 aliphatic carbocycles. The van der Waals surface area contributed by atoms with Gasteiger partial charge in [-0.05, 0) is 25.8 Å². The van der Waals surface area contributed by atoms with Gasteiger partial charge < -0.3 is 11.1 Å². The molecule has 0 saturated heterocycles. The third-order valence-electron chi connectivity index (χ3n) is 2.52. The van der Waals surface area contributed by atoms with Crippen LogP contribution in [-0.4, -0.2) is 18.5 Å². The van der Waals surface area contributed by atoms with Crippen molar-refractivity contribution in [2.24, 2.45) is 11.7 Å². The fourth-order valence-electron chi connectivity index (χ4n) is 2.04. The largest absolute Gasteiger partial charge is 0.370 e. The van der Waals surface area contributed by atoms with Gasteiger partial charge >= 0.3 is 0 Å². The van der Waals surface area contributed by atoms with Crippen molar-refractivity contribution >= 4 is 5.91 Å². The van der Waals surface area contributed by atoms with Crippen molar-refractivity contribution in [3.05, 3.63) is 0 Å².